The van der Waals surface area contributed by atoms with Crippen molar-refractivity contribution in [1.82, 2.24) is 15.5 Å². The predicted octanol–water partition coefficient (Wildman–Crippen LogP) is 3.35. The van der Waals surface area contributed by atoms with Gasteiger partial charge in [0.15, 0.2) is 0 Å². The predicted molar refractivity (Wildman–Crippen MR) is 75.3 cm³/mol. The van der Waals surface area contributed by atoms with Gasteiger partial charge in [-0.2, -0.15) is 0 Å². The molecule has 0 fully saturated rings. The van der Waals surface area contributed by atoms with Crippen molar-refractivity contribution < 1.29 is 18.0 Å². The summed E-state index contributed by atoms with van der Waals surface area (Å²) in [4.78, 5) is 11.8. The van der Waals surface area contributed by atoms with Crippen LogP contribution in [0.3, 0.4) is 0 Å². The third-order valence-electron chi connectivity index (χ3n) is 2.79. The van der Waals surface area contributed by atoms with Gasteiger partial charge in [-0.25, -0.2) is 13.6 Å². The van der Waals surface area contributed by atoms with Crippen molar-refractivity contribution in [3.05, 3.63) is 41.6 Å². The number of nitrogens with one attached hydrogen (secondary N) is 2. The summed E-state index contributed by atoms with van der Waals surface area (Å²) in [5.74, 6) is -0.748. The van der Waals surface area contributed by atoms with Crippen LogP contribution < -0.4 is 10.6 Å². The van der Waals surface area contributed by atoms with Crippen LogP contribution in [0.1, 0.15) is 44.5 Å². The zero-order chi connectivity index (χ0) is 16.3. The Labute approximate surface area is 125 Å². The maximum absolute atomic E-state index is 13.0. The molecular formula is C14H16F2N4O2. The molecule has 0 aliphatic carbocycles. The van der Waals surface area contributed by atoms with Crippen molar-refractivity contribution in [3.63, 3.8) is 0 Å². The van der Waals surface area contributed by atoms with Crippen molar-refractivity contribution >= 4 is 11.7 Å². The van der Waals surface area contributed by atoms with Crippen LogP contribution in [0, 0.1) is 11.6 Å². The maximum Gasteiger partial charge on any atom is 0.319 e. The molecular weight excluding hydrogens is 294 g/mol. The number of carbonyl (C=O) groups is 1. The van der Waals surface area contributed by atoms with E-state index in [0.29, 0.717) is 5.89 Å². The lowest BCUT2D eigenvalue weighted by Gasteiger charge is -2.11. The van der Waals surface area contributed by atoms with Crippen LogP contribution in [0.2, 0.25) is 0 Å². The fourth-order valence-electron chi connectivity index (χ4n) is 1.71. The molecule has 0 aliphatic heterocycles. The van der Waals surface area contributed by atoms with Gasteiger partial charge in [0.2, 0.25) is 11.8 Å². The van der Waals surface area contributed by atoms with Crippen LogP contribution in [-0.4, -0.2) is 16.2 Å². The van der Waals surface area contributed by atoms with Gasteiger partial charge in [0, 0.05) is 17.7 Å². The molecule has 2 N–H and O–H groups in total. The number of rotatable bonds is 4. The van der Waals surface area contributed by atoms with Gasteiger partial charge in [0.05, 0.1) is 0 Å². The first kappa shape index (κ1) is 15.9. The zero-order valence-electron chi connectivity index (χ0n) is 12.4. The summed E-state index contributed by atoms with van der Waals surface area (Å²) >= 11 is 0. The third kappa shape index (κ3) is 4.00. The maximum atomic E-state index is 13.0. The average molecular weight is 310 g/mol. The van der Waals surface area contributed by atoms with E-state index in [1.54, 1.807) is 6.92 Å². The fourth-order valence-corrected chi connectivity index (χ4v) is 1.71. The molecule has 2 aromatic rings. The number of urea groups is 1. The number of aromatic nitrogens is 2. The Kier molecular flexibility index (Phi) is 4.69. The molecule has 0 saturated heterocycles. The number of carbonyl (C=O) groups excluding carboxylic acids is 1. The van der Waals surface area contributed by atoms with Crippen LogP contribution in [0.4, 0.5) is 19.3 Å². The van der Waals surface area contributed by atoms with Crippen LogP contribution >= 0.6 is 0 Å². The number of nitrogens with zero attached hydrogens (tertiary/aromatic N) is 2. The minimum absolute atomic E-state index is 0.00981. The molecule has 118 valence electrons. The zero-order valence-corrected chi connectivity index (χ0v) is 12.4. The highest BCUT2D eigenvalue weighted by Crippen LogP contribution is 2.17. The van der Waals surface area contributed by atoms with E-state index in [0.717, 1.165) is 18.2 Å². The minimum Gasteiger partial charge on any atom is -0.423 e. The van der Waals surface area contributed by atoms with Gasteiger partial charge in [-0.1, -0.05) is 13.8 Å². The molecule has 1 heterocycles. The Balaban J connectivity index is 1.98. The van der Waals surface area contributed by atoms with Crippen molar-refractivity contribution in [3.8, 4) is 0 Å². The van der Waals surface area contributed by atoms with Gasteiger partial charge >= 0.3 is 6.03 Å². The highest BCUT2D eigenvalue weighted by Gasteiger charge is 2.17. The second-order valence-electron chi connectivity index (χ2n) is 5.11. The number of hydrogen-bond donors (Lipinski definition) is 2. The highest BCUT2D eigenvalue weighted by atomic mass is 19.1. The number of hydrogen-bond acceptors (Lipinski definition) is 4. The first-order valence-corrected chi connectivity index (χ1v) is 6.72. The number of anilines is 1. The van der Waals surface area contributed by atoms with Gasteiger partial charge in [-0.3, -0.25) is 0 Å². The van der Waals surface area contributed by atoms with E-state index in [1.807, 2.05) is 13.8 Å². The van der Waals surface area contributed by atoms with Crippen LogP contribution in [0.25, 0.3) is 0 Å². The lowest BCUT2D eigenvalue weighted by molar-refractivity contribution is 0.246. The average Bonchev–Trinajstić information content (AvgIpc) is 2.86. The molecule has 0 bridgehead atoms. The van der Waals surface area contributed by atoms with Crippen LogP contribution in [-0.2, 0) is 0 Å². The first-order chi connectivity index (χ1) is 10.3. The third-order valence-corrected chi connectivity index (χ3v) is 2.79. The van der Waals surface area contributed by atoms with E-state index < -0.39 is 23.7 Å². The summed E-state index contributed by atoms with van der Waals surface area (Å²) < 4.78 is 31.5. The molecule has 0 saturated carbocycles. The van der Waals surface area contributed by atoms with Crippen molar-refractivity contribution in [2.75, 3.05) is 5.32 Å². The SMILES string of the molecule is CC(C)c1nnc(C(C)NC(=O)Nc2cc(F)cc(F)c2)o1. The quantitative estimate of drug-likeness (QED) is 0.907. The van der Waals surface area contributed by atoms with Gasteiger partial charge in [0.25, 0.3) is 0 Å². The molecule has 2 rings (SSSR count). The van der Waals surface area contributed by atoms with E-state index in [9.17, 15) is 13.6 Å². The molecule has 1 aromatic heterocycles. The van der Waals surface area contributed by atoms with Crippen LogP contribution in [0.15, 0.2) is 22.6 Å². The van der Waals surface area contributed by atoms with Crippen LogP contribution in [0.5, 0.6) is 0 Å². The molecule has 2 amide bonds. The van der Waals surface area contributed by atoms with Crippen molar-refractivity contribution in [2.45, 2.75) is 32.7 Å². The van der Waals surface area contributed by atoms with Gasteiger partial charge in [0.1, 0.15) is 17.7 Å². The molecule has 6 nitrogen and oxygen atoms in total. The molecule has 0 spiro atoms. The summed E-state index contributed by atoms with van der Waals surface area (Å²) in [6.07, 6.45) is 0. The normalized spacial score (nSPS) is 12.3. The largest absolute Gasteiger partial charge is 0.423 e. The Morgan fingerprint density at radius 2 is 1.68 bits per heavy atom. The Morgan fingerprint density at radius 1 is 1.09 bits per heavy atom. The van der Waals surface area contributed by atoms with Gasteiger partial charge in [-0.05, 0) is 19.1 Å². The molecule has 22 heavy (non-hydrogen) atoms. The first-order valence-electron chi connectivity index (χ1n) is 6.72. The molecule has 1 aromatic carbocycles. The lowest BCUT2D eigenvalue weighted by atomic mass is 10.2. The van der Waals surface area contributed by atoms with Crippen molar-refractivity contribution in [1.29, 1.82) is 0 Å². The number of halogens is 2. The summed E-state index contributed by atoms with van der Waals surface area (Å²) in [7, 11) is 0. The summed E-state index contributed by atoms with van der Waals surface area (Å²) in [6, 6.07) is 1.56. The molecule has 8 heteroatoms. The standard InChI is InChI=1S/C14H16F2N4O2/c1-7(2)12-19-20-13(22-12)8(3)17-14(21)18-11-5-9(15)4-10(16)6-11/h4-8H,1-3H3,(H2,17,18,21). The summed E-state index contributed by atoms with van der Waals surface area (Å²) in [5.41, 5.74) is 0.00981. The minimum atomic E-state index is -0.776. The second-order valence-corrected chi connectivity index (χ2v) is 5.11. The van der Waals surface area contributed by atoms with E-state index >= 15 is 0 Å². The van der Waals surface area contributed by atoms with Gasteiger partial charge in [-0.15, -0.1) is 10.2 Å². The molecule has 1 atom stereocenters. The van der Waals surface area contributed by atoms with E-state index in [1.165, 1.54) is 0 Å². The Morgan fingerprint density at radius 3 is 2.23 bits per heavy atom. The fraction of sp³-hybridized carbons (Fsp3) is 0.357. The number of amides is 2. The van der Waals surface area contributed by atoms with E-state index in [2.05, 4.69) is 20.8 Å². The monoisotopic (exact) mass is 310 g/mol. The van der Waals surface area contributed by atoms with E-state index in [-0.39, 0.29) is 17.5 Å². The highest BCUT2D eigenvalue weighted by molar-refractivity contribution is 5.89. The summed E-state index contributed by atoms with van der Waals surface area (Å²) in [6.45, 7) is 5.46. The van der Waals surface area contributed by atoms with Gasteiger partial charge < -0.3 is 15.1 Å². The molecule has 0 aliphatic rings. The lowest BCUT2D eigenvalue weighted by Crippen LogP contribution is -2.31. The Hall–Kier alpha value is -2.51. The Bertz CT molecular complexity index is 652. The smallest absolute Gasteiger partial charge is 0.319 e. The molecule has 1 unspecified atom stereocenters. The number of benzene rings is 1. The second kappa shape index (κ2) is 6.50. The summed E-state index contributed by atoms with van der Waals surface area (Å²) in [5, 5.41) is 12.6. The van der Waals surface area contributed by atoms with E-state index in [4.69, 9.17) is 4.42 Å². The topological polar surface area (TPSA) is 80.0 Å². The molecule has 0 radical (unpaired) electrons. The van der Waals surface area contributed by atoms with Crippen molar-refractivity contribution in [2.24, 2.45) is 0 Å².